The average molecular weight is 221 g/mol. The number of hydrogen-bond acceptors (Lipinski definition) is 2. The van der Waals surface area contributed by atoms with Gasteiger partial charge in [0.25, 0.3) is 0 Å². The van der Waals surface area contributed by atoms with Crippen molar-refractivity contribution in [1.29, 1.82) is 0 Å². The Morgan fingerprint density at radius 1 is 1.36 bits per heavy atom. The second-order valence-electron chi connectivity index (χ2n) is 2.83. The zero-order valence-corrected chi connectivity index (χ0v) is 7.80. The molecule has 0 N–H and O–H groups in total. The van der Waals surface area contributed by atoms with E-state index in [2.05, 4.69) is 4.74 Å². The highest BCUT2D eigenvalue weighted by atomic mass is 35.5. The van der Waals surface area contributed by atoms with Crippen molar-refractivity contribution < 1.29 is 18.3 Å². The highest BCUT2D eigenvalue weighted by Crippen LogP contribution is 2.41. The number of fused-ring (bicyclic) bond motifs is 1. The molecule has 0 radical (unpaired) electrons. The van der Waals surface area contributed by atoms with Gasteiger partial charge in [0.1, 0.15) is 5.75 Å². The molecule has 1 heterocycles. The summed E-state index contributed by atoms with van der Waals surface area (Å²) in [5.41, 5.74) is -0.263. The van der Waals surface area contributed by atoms with Gasteiger partial charge in [0, 0.05) is 0 Å². The van der Waals surface area contributed by atoms with E-state index in [-0.39, 0.29) is 17.2 Å². The van der Waals surface area contributed by atoms with Crippen LogP contribution in [-0.4, -0.2) is 12.2 Å². The molecule has 0 amide bonds. The largest absolute Gasteiger partial charge is 0.463 e. The van der Waals surface area contributed by atoms with E-state index in [1.165, 1.54) is 18.2 Å². The standard InChI is InChI=1S/C9H7ClF2O2/c10-5-8-13-7-4-2-1-3-6(7)9(11,12)14-8/h1-4,8H,5H2. The van der Waals surface area contributed by atoms with Crippen LogP contribution in [0.5, 0.6) is 5.75 Å². The van der Waals surface area contributed by atoms with Gasteiger partial charge in [-0.3, -0.25) is 4.74 Å². The Morgan fingerprint density at radius 2 is 2.07 bits per heavy atom. The quantitative estimate of drug-likeness (QED) is 0.678. The molecule has 0 bridgehead atoms. The Bertz CT molecular complexity index is 343. The van der Waals surface area contributed by atoms with Gasteiger partial charge < -0.3 is 4.74 Å². The molecule has 5 heteroatoms. The summed E-state index contributed by atoms with van der Waals surface area (Å²) in [4.78, 5) is 0. The van der Waals surface area contributed by atoms with Gasteiger partial charge in [0.05, 0.1) is 11.4 Å². The number of benzene rings is 1. The molecule has 1 atom stereocenters. The first-order valence-corrected chi connectivity index (χ1v) is 4.54. The minimum absolute atomic E-state index is 0.120. The average Bonchev–Trinajstić information content (AvgIpc) is 2.17. The fourth-order valence-corrected chi connectivity index (χ4v) is 1.39. The zero-order valence-electron chi connectivity index (χ0n) is 7.04. The van der Waals surface area contributed by atoms with E-state index in [4.69, 9.17) is 16.3 Å². The highest BCUT2D eigenvalue weighted by molar-refractivity contribution is 6.18. The van der Waals surface area contributed by atoms with Crippen molar-refractivity contribution in [2.75, 3.05) is 5.88 Å². The smallest absolute Gasteiger partial charge is 0.389 e. The van der Waals surface area contributed by atoms with Crippen LogP contribution in [0.2, 0.25) is 0 Å². The zero-order chi connectivity index (χ0) is 10.2. The van der Waals surface area contributed by atoms with E-state index in [0.29, 0.717) is 0 Å². The normalized spacial score (nSPS) is 23.8. The third kappa shape index (κ3) is 1.55. The van der Waals surface area contributed by atoms with Gasteiger partial charge >= 0.3 is 6.11 Å². The molecule has 0 saturated heterocycles. The van der Waals surface area contributed by atoms with E-state index in [0.717, 1.165) is 0 Å². The summed E-state index contributed by atoms with van der Waals surface area (Å²) in [7, 11) is 0. The minimum Gasteiger partial charge on any atom is -0.463 e. The number of rotatable bonds is 1. The summed E-state index contributed by atoms with van der Waals surface area (Å²) in [5.74, 6) is -0.0152. The molecule has 1 aliphatic heterocycles. The maximum atomic E-state index is 13.3. The summed E-state index contributed by atoms with van der Waals surface area (Å²) < 4.78 is 36.0. The van der Waals surface area contributed by atoms with Gasteiger partial charge in [0.2, 0.25) is 6.29 Å². The van der Waals surface area contributed by atoms with Crippen molar-refractivity contribution in [3.63, 3.8) is 0 Å². The molecular formula is C9H7ClF2O2. The summed E-state index contributed by atoms with van der Waals surface area (Å²) in [6.07, 6.45) is -4.42. The minimum atomic E-state index is -3.32. The second-order valence-corrected chi connectivity index (χ2v) is 3.14. The Morgan fingerprint density at radius 3 is 2.79 bits per heavy atom. The lowest BCUT2D eigenvalue weighted by atomic mass is 10.1. The van der Waals surface area contributed by atoms with Crippen molar-refractivity contribution in [2.45, 2.75) is 12.4 Å². The lowest BCUT2D eigenvalue weighted by molar-refractivity contribution is -0.317. The van der Waals surface area contributed by atoms with Crippen LogP contribution in [0.3, 0.4) is 0 Å². The first kappa shape index (κ1) is 9.68. The fourth-order valence-electron chi connectivity index (χ4n) is 1.27. The van der Waals surface area contributed by atoms with Crippen molar-refractivity contribution in [1.82, 2.24) is 0 Å². The molecule has 1 aliphatic rings. The lowest BCUT2D eigenvalue weighted by Gasteiger charge is -2.30. The first-order chi connectivity index (χ1) is 6.63. The number of hydrogen-bond donors (Lipinski definition) is 0. The van der Waals surface area contributed by atoms with Crippen molar-refractivity contribution in [3.05, 3.63) is 29.8 Å². The van der Waals surface area contributed by atoms with Crippen molar-refractivity contribution in [3.8, 4) is 5.75 Å². The van der Waals surface area contributed by atoms with Gasteiger partial charge in [-0.1, -0.05) is 12.1 Å². The van der Waals surface area contributed by atoms with Gasteiger partial charge in [0.15, 0.2) is 0 Å². The summed E-state index contributed by atoms with van der Waals surface area (Å²) in [5, 5.41) is 0. The van der Waals surface area contributed by atoms with Crippen LogP contribution in [0, 0.1) is 0 Å². The van der Waals surface area contributed by atoms with E-state index in [1.54, 1.807) is 6.07 Å². The SMILES string of the molecule is FC1(F)OC(CCl)Oc2ccccc21. The Labute approximate surface area is 84.4 Å². The molecule has 2 nitrogen and oxygen atoms in total. The Kier molecular flexibility index (Phi) is 2.33. The fraction of sp³-hybridized carbons (Fsp3) is 0.333. The topological polar surface area (TPSA) is 18.5 Å². The summed E-state index contributed by atoms with van der Waals surface area (Å²) in [6.45, 7) is 0. The number of para-hydroxylation sites is 1. The number of ether oxygens (including phenoxy) is 2. The van der Waals surface area contributed by atoms with Crippen LogP contribution in [0.1, 0.15) is 5.56 Å². The number of alkyl halides is 3. The maximum Gasteiger partial charge on any atom is 0.389 e. The third-order valence-corrected chi connectivity index (χ3v) is 2.12. The monoisotopic (exact) mass is 220 g/mol. The van der Waals surface area contributed by atoms with Crippen LogP contribution in [0.25, 0.3) is 0 Å². The van der Waals surface area contributed by atoms with Crippen molar-refractivity contribution >= 4 is 11.6 Å². The van der Waals surface area contributed by atoms with Crippen LogP contribution in [-0.2, 0) is 10.8 Å². The van der Waals surface area contributed by atoms with Gasteiger partial charge in [-0.15, -0.1) is 11.6 Å². The second kappa shape index (κ2) is 3.37. The van der Waals surface area contributed by atoms with Crippen LogP contribution < -0.4 is 4.74 Å². The van der Waals surface area contributed by atoms with E-state index in [9.17, 15) is 8.78 Å². The van der Waals surface area contributed by atoms with Gasteiger partial charge in [-0.25, -0.2) is 0 Å². The molecule has 1 unspecified atom stereocenters. The van der Waals surface area contributed by atoms with Gasteiger partial charge in [-0.05, 0) is 12.1 Å². The maximum absolute atomic E-state index is 13.3. The number of halogens is 3. The summed E-state index contributed by atoms with van der Waals surface area (Å²) in [6, 6.07) is 5.84. The predicted octanol–water partition coefficient (Wildman–Crippen LogP) is 2.71. The molecule has 0 saturated carbocycles. The highest BCUT2D eigenvalue weighted by Gasteiger charge is 2.43. The summed E-state index contributed by atoms with van der Waals surface area (Å²) >= 11 is 5.39. The molecule has 1 aromatic rings. The van der Waals surface area contributed by atoms with E-state index in [1.807, 2.05) is 0 Å². The predicted molar refractivity (Wildman–Crippen MR) is 46.6 cm³/mol. The van der Waals surface area contributed by atoms with Crippen molar-refractivity contribution in [2.24, 2.45) is 0 Å². The third-order valence-electron chi connectivity index (χ3n) is 1.86. The van der Waals surface area contributed by atoms with Gasteiger partial charge in [-0.2, -0.15) is 8.78 Å². The molecule has 1 aromatic carbocycles. The van der Waals surface area contributed by atoms with Crippen LogP contribution >= 0.6 is 11.6 Å². The molecule has 0 aromatic heterocycles. The molecule has 14 heavy (non-hydrogen) atoms. The van der Waals surface area contributed by atoms with Crippen LogP contribution in [0.4, 0.5) is 8.78 Å². The first-order valence-electron chi connectivity index (χ1n) is 4.01. The molecular weight excluding hydrogens is 214 g/mol. The Balaban J connectivity index is 2.41. The Hall–Kier alpha value is -0.870. The molecule has 2 rings (SSSR count). The molecule has 0 fully saturated rings. The molecule has 0 aliphatic carbocycles. The van der Waals surface area contributed by atoms with E-state index >= 15 is 0 Å². The van der Waals surface area contributed by atoms with Crippen LogP contribution in [0.15, 0.2) is 24.3 Å². The molecule has 0 spiro atoms. The molecule has 76 valence electrons. The van der Waals surface area contributed by atoms with E-state index < -0.39 is 12.4 Å². The lowest BCUT2D eigenvalue weighted by Crippen LogP contribution is -2.36.